The van der Waals surface area contributed by atoms with E-state index in [4.69, 9.17) is 14.2 Å². The summed E-state index contributed by atoms with van der Waals surface area (Å²) < 4.78 is 16.0. The molecule has 0 atom stereocenters. The van der Waals surface area contributed by atoms with Crippen molar-refractivity contribution >= 4 is 0 Å². The summed E-state index contributed by atoms with van der Waals surface area (Å²) in [4.78, 5) is 0. The number of hydrogen-bond acceptors (Lipinski definition) is 4. The molecule has 0 fully saturated rings. The summed E-state index contributed by atoms with van der Waals surface area (Å²) in [7, 11) is 4.95. The van der Waals surface area contributed by atoms with E-state index in [0.717, 1.165) is 30.2 Å². The fourth-order valence-electron chi connectivity index (χ4n) is 2.13. The molecule has 4 heteroatoms. The molecule has 0 amide bonds. The van der Waals surface area contributed by atoms with Crippen molar-refractivity contribution < 1.29 is 14.2 Å². The predicted octanol–water partition coefficient (Wildman–Crippen LogP) is 3.38. The van der Waals surface area contributed by atoms with Crippen LogP contribution in [0, 0.1) is 0 Å². The van der Waals surface area contributed by atoms with Crippen LogP contribution in [0.4, 0.5) is 0 Å². The van der Waals surface area contributed by atoms with Crippen LogP contribution in [0.3, 0.4) is 0 Å². The van der Waals surface area contributed by atoms with E-state index in [9.17, 15) is 0 Å². The molecule has 0 aromatic heterocycles. The van der Waals surface area contributed by atoms with Crippen LogP contribution in [0.5, 0.6) is 17.2 Å². The first kappa shape index (κ1) is 16.6. The molecular weight excluding hydrogens is 254 g/mol. The van der Waals surface area contributed by atoms with E-state index in [1.165, 1.54) is 25.7 Å². The smallest absolute Gasteiger partial charge is 0.164 e. The Kier molecular flexibility index (Phi) is 7.88. The van der Waals surface area contributed by atoms with Crippen molar-refractivity contribution in [1.82, 2.24) is 5.32 Å². The molecule has 1 N–H and O–H groups in total. The molecule has 0 saturated heterocycles. The lowest BCUT2D eigenvalue weighted by molar-refractivity contribution is 0.347. The lowest BCUT2D eigenvalue weighted by Gasteiger charge is -2.14. The van der Waals surface area contributed by atoms with Gasteiger partial charge in [-0.3, -0.25) is 0 Å². The maximum atomic E-state index is 5.41. The molecule has 0 aliphatic carbocycles. The largest absolute Gasteiger partial charge is 0.496 e. The van der Waals surface area contributed by atoms with Crippen LogP contribution in [0.25, 0.3) is 0 Å². The van der Waals surface area contributed by atoms with Gasteiger partial charge in [0.1, 0.15) is 5.75 Å². The van der Waals surface area contributed by atoms with Crippen LogP contribution >= 0.6 is 0 Å². The average Bonchev–Trinajstić information content (AvgIpc) is 2.49. The zero-order valence-corrected chi connectivity index (χ0v) is 13.1. The summed E-state index contributed by atoms with van der Waals surface area (Å²) in [6, 6.07) is 3.84. The SMILES string of the molecule is CCCCCCNCc1cc(OC)c(OC)cc1OC. The predicted molar refractivity (Wildman–Crippen MR) is 81.9 cm³/mol. The van der Waals surface area contributed by atoms with Crippen molar-refractivity contribution in [2.45, 2.75) is 39.2 Å². The Morgan fingerprint density at radius 3 is 2.10 bits per heavy atom. The highest BCUT2D eigenvalue weighted by Gasteiger charge is 2.11. The normalized spacial score (nSPS) is 10.4. The summed E-state index contributed by atoms with van der Waals surface area (Å²) in [5.74, 6) is 2.25. The minimum Gasteiger partial charge on any atom is -0.496 e. The van der Waals surface area contributed by atoms with Crippen LogP contribution in [0.15, 0.2) is 12.1 Å². The molecule has 0 heterocycles. The van der Waals surface area contributed by atoms with Gasteiger partial charge in [-0.2, -0.15) is 0 Å². The maximum Gasteiger partial charge on any atom is 0.164 e. The zero-order valence-electron chi connectivity index (χ0n) is 13.1. The fraction of sp³-hybridized carbons (Fsp3) is 0.625. The zero-order chi connectivity index (χ0) is 14.8. The highest BCUT2D eigenvalue weighted by Crippen LogP contribution is 2.34. The topological polar surface area (TPSA) is 39.7 Å². The third-order valence-electron chi connectivity index (χ3n) is 3.31. The Morgan fingerprint density at radius 1 is 0.850 bits per heavy atom. The number of nitrogens with one attached hydrogen (secondary N) is 1. The second kappa shape index (κ2) is 9.48. The number of methoxy groups -OCH3 is 3. The molecule has 0 spiro atoms. The van der Waals surface area contributed by atoms with E-state index in [-0.39, 0.29) is 0 Å². The maximum absolute atomic E-state index is 5.41. The molecule has 0 aliphatic heterocycles. The van der Waals surface area contributed by atoms with E-state index in [1.807, 2.05) is 12.1 Å². The van der Waals surface area contributed by atoms with Gasteiger partial charge in [-0.15, -0.1) is 0 Å². The molecule has 4 nitrogen and oxygen atoms in total. The fourth-order valence-corrected chi connectivity index (χ4v) is 2.13. The molecule has 1 rings (SSSR count). The van der Waals surface area contributed by atoms with Crippen molar-refractivity contribution in [2.24, 2.45) is 0 Å². The lowest BCUT2D eigenvalue weighted by atomic mass is 10.1. The molecule has 1 aromatic rings. The van der Waals surface area contributed by atoms with Gasteiger partial charge >= 0.3 is 0 Å². The van der Waals surface area contributed by atoms with Crippen molar-refractivity contribution in [1.29, 1.82) is 0 Å². The Morgan fingerprint density at radius 2 is 1.50 bits per heavy atom. The van der Waals surface area contributed by atoms with Gasteiger partial charge in [-0.05, 0) is 19.0 Å². The van der Waals surface area contributed by atoms with Gasteiger partial charge in [0.15, 0.2) is 11.5 Å². The van der Waals surface area contributed by atoms with E-state index in [2.05, 4.69) is 12.2 Å². The number of benzene rings is 1. The molecule has 0 radical (unpaired) electrons. The quantitative estimate of drug-likeness (QED) is 0.667. The highest BCUT2D eigenvalue weighted by atomic mass is 16.5. The Balaban J connectivity index is 2.59. The monoisotopic (exact) mass is 281 g/mol. The van der Waals surface area contributed by atoms with Crippen LogP contribution in [0.2, 0.25) is 0 Å². The second-order valence-corrected chi connectivity index (χ2v) is 4.76. The third kappa shape index (κ3) is 4.93. The van der Waals surface area contributed by atoms with Gasteiger partial charge in [0, 0.05) is 18.2 Å². The van der Waals surface area contributed by atoms with Crippen molar-refractivity contribution in [2.75, 3.05) is 27.9 Å². The molecule has 0 bridgehead atoms. The summed E-state index contributed by atoms with van der Waals surface area (Å²) in [5.41, 5.74) is 1.08. The molecule has 1 aromatic carbocycles. The van der Waals surface area contributed by atoms with E-state index >= 15 is 0 Å². The van der Waals surface area contributed by atoms with Gasteiger partial charge in [-0.1, -0.05) is 26.2 Å². The lowest BCUT2D eigenvalue weighted by Crippen LogP contribution is -2.15. The number of ether oxygens (including phenoxy) is 3. The van der Waals surface area contributed by atoms with Crippen molar-refractivity contribution in [3.8, 4) is 17.2 Å². The van der Waals surface area contributed by atoms with Crippen LogP contribution in [-0.4, -0.2) is 27.9 Å². The van der Waals surface area contributed by atoms with E-state index in [0.29, 0.717) is 5.75 Å². The van der Waals surface area contributed by atoms with E-state index in [1.54, 1.807) is 21.3 Å². The Labute approximate surface area is 122 Å². The minimum atomic E-state index is 0.691. The summed E-state index contributed by atoms with van der Waals surface area (Å²) in [6.07, 6.45) is 5.07. The van der Waals surface area contributed by atoms with Gasteiger partial charge in [0.25, 0.3) is 0 Å². The first-order valence-electron chi connectivity index (χ1n) is 7.26. The van der Waals surface area contributed by atoms with Crippen molar-refractivity contribution in [3.05, 3.63) is 17.7 Å². The standard InChI is InChI=1S/C16H27NO3/c1-5-6-7-8-9-17-12-13-10-15(19-3)16(20-4)11-14(13)18-2/h10-11,17H,5-9,12H2,1-4H3. The number of hydrogen-bond donors (Lipinski definition) is 1. The van der Waals surface area contributed by atoms with Crippen LogP contribution in [-0.2, 0) is 6.54 Å². The molecule has 0 saturated carbocycles. The second-order valence-electron chi connectivity index (χ2n) is 4.76. The Hall–Kier alpha value is -1.42. The first-order chi connectivity index (χ1) is 9.76. The third-order valence-corrected chi connectivity index (χ3v) is 3.31. The summed E-state index contributed by atoms with van der Waals surface area (Å²) in [5, 5.41) is 3.45. The van der Waals surface area contributed by atoms with Crippen LogP contribution in [0.1, 0.15) is 38.2 Å². The molecule has 114 valence electrons. The minimum absolute atomic E-state index is 0.691. The highest BCUT2D eigenvalue weighted by molar-refractivity contribution is 5.50. The molecule has 0 unspecified atom stereocenters. The van der Waals surface area contributed by atoms with E-state index < -0.39 is 0 Å². The number of unbranched alkanes of at least 4 members (excludes halogenated alkanes) is 3. The van der Waals surface area contributed by atoms with Gasteiger partial charge in [0.05, 0.1) is 21.3 Å². The molecule has 20 heavy (non-hydrogen) atoms. The van der Waals surface area contributed by atoms with Gasteiger partial charge in [0.2, 0.25) is 0 Å². The Bertz CT molecular complexity index is 394. The van der Waals surface area contributed by atoms with Crippen molar-refractivity contribution in [3.63, 3.8) is 0 Å². The first-order valence-corrected chi connectivity index (χ1v) is 7.26. The summed E-state index contributed by atoms with van der Waals surface area (Å²) >= 11 is 0. The average molecular weight is 281 g/mol. The molecule has 0 aliphatic rings. The van der Waals surface area contributed by atoms with Crippen LogP contribution < -0.4 is 19.5 Å². The number of rotatable bonds is 10. The van der Waals surface area contributed by atoms with Gasteiger partial charge < -0.3 is 19.5 Å². The molecular formula is C16H27NO3. The summed E-state index contributed by atoms with van der Waals surface area (Å²) in [6.45, 7) is 4.02. The van der Waals surface area contributed by atoms with Gasteiger partial charge in [-0.25, -0.2) is 0 Å².